The number of hydrogen-bond acceptors (Lipinski definition) is 2. The quantitative estimate of drug-likeness (QED) is 0.684. The molecular weight excluding hydrogens is 178 g/mol. The average Bonchev–Trinajstić information content (AvgIpc) is 2.49. The Morgan fingerprint density at radius 2 is 2.15 bits per heavy atom. The van der Waals surface area contributed by atoms with Gasteiger partial charge in [-0.3, -0.25) is 5.32 Å². The van der Waals surface area contributed by atoms with Crippen LogP contribution in [0.1, 0.15) is 52.9 Å². The van der Waals surface area contributed by atoms with Gasteiger partial charge in [0, 0.05) is 11.8 Å². The van der Waals surface area contributed by atoms with Gasteiger partial charge < -0.3 is 0 Å². The van der Waals surface area contributed by atoms with Gasteiger partial charge in [-0.2, -0.15) is 0 Å². The molecule has 0 aromatic carbocycles. The molecule has 0 amide bonds. The van der Waals surface area contributed by atoms with Crippen molar-refractivity contribution in [3.63, 3.8) is 0 Å². The molecule has 0 saturated carbocycles. The van der Waals surface area contributed by atoms with Crippen molar-refractivity contribution in [3.8, 4) is 0 Å². The smallest absolute Gasteiger partial charge is 0.0619 e. The topological polar surface area (TPSA) is 12.0 Å². The molecule has 78 valence electrons. The molecule has 1 heterocycles. The molecule has 1 saturated heterocycles. The highest BCUT2D eigenvalue weighted by molar-refractivity contribution is 8.00. The fourth-order valence-corrected chi connectivity index (χ4v) is 3.30. The molecule has 2 atom stereocenters. The fraction of sp³-hybridized carbons (Fsp3) is 1.00. The maximum atomic E-state index is 3.74. The van der Waals surface area contributed by atoms with Crippen LogP contribution in [0.15, 0.2) is 0 Å². The molecule has 1 rings (SSSR count). The van der Waals surface area contributed by atoms with E-state index in [1.807, 2.05) is 0 Å². The number of nitrogens with one attached hydrogen (secondary N) is 1. The average molecular weight is 201 g/mol. The van der Waals surface area contributed by atoms with Gasteiger partial charge in [-0.15, -0.1) is 11.8 Å². The Morgan fingerprint density at radius 3 is 2.69 bits per heavy atom. The van der Waals surface area contributed by atoms with Crippen LogP contribution in [0.4, 0.5) is 0 Å². The normalized spacial score (nSPS) is 33.9. The van der Waals surface area contributed by atoms with E-state index in [0.29, 0.717) is 4.87 Å². The van der Waals surface area contributed by atoms with Crippen LogP contribution in [0.5, 0.6) is 0 Å². The van der Waals surface area contributed by atoms with E-state index in [2.05, 4.69) is 37.8 Å². The highest BCUT2D eigenvalue weighted by Gasteiger charge is 2.33. The molecule has 0 aliphatic carbocycles. The van der Waals surface area contributed by atoms with Crippen molar-refractivity contribution in [2.75, 3.05) is 5.75 Å². The molecule has 1 fully saturated rings. The highest BCUT2D eigenvalue weighted by atomic mass is 32.2. The van der Waals surface area contributed by atoms with E-state index >= 15 is 0 Å². The maximum absolute atomic E-state index is 3.74. The third-order valence-electron chi connectivity index (χ3n) is 2.86. The summed E-state index contributed by atoms with van der Waals surface area (Å²) in [5.41, 5.74) is 0. The fourth-order valence-electron chi connectivity index (χ4n) is 1.88. The van der Waals surface area contributed by atoms with Gasteiger partial charge in [-0.1, -0.05) is 33.1 Å². The predicted octanol–water partition coefficient (Wildman–Crippen LogP) is 3.40. The lowest BCUT2D eigenvalue weighted by molar-refractivity contribution is 0.419. The van der Waals surface area contributed by atoms with Gasteiger partial charge in [0.05, 0.1) is 4.87 Å². The van der Waals surface area contributed by atoms with Gasteiger partial charge in [0.25, 0.3) is 0 Å². The van der Waals surface area contributed by atoms with Crippen molar-refractivity contribution in [1.29, 1.82) is 0 Å². The van der Waals surface area contributed by atoms with E-state index in [9.17, 15) is 0 Å². The molecule has 13 heavy (non-hydrogen) atoms. The minimum atomic E-state index is 0.385. The Bertz CT molecular complexity index is 149. The molecule has 1 aliphatic rings. The van der Waals surface area contributed by atoms with Crippen LogP contribution in [0.3, 0.4) is 0 Å². The molecule has 0 spiro atoms. The zero-order valence-electron chi connectivity index (χ0n) is 9.23. The Kier molecular flexibility index (Phi) is 4.60. The third kappa shape index (κ3) is 3.51. The van der Waals surface area contributed by atoms with Gasteiger partial charge in [0.15, 0.2) is 0 Å². The van der Waals surface area contributed by atoms with Gasteiger partial charge >= 0.3 is 0 Å². The van der Waals surface area contributed by atoms with Crippen molar-refractivity contribution in [1.82, 2.24) is 5.32 Å². The summed E-state index contributed by atoms with van der Waals surface area (Å²) in [6.07, 6.45) is 6.70. The zero-order chi connectivity index (χ0) is 9.73. The van der Waals surface area contributed by atoms with Crippen LogP contribution in [0.25, 0.3) is 0 Å². The Morgan fingerprint density at radius 1 is 1.38 bits per heavy atom. The zero-order valence-corrected chi connectivity index (χ0v) is 10.0. The van der Waals surface area contributed by atoms with Crippen LogP contribution < -0.4 is 5.32 Å². The third-order valence-corrected chi connectivity index (χ3v) is 4.39. The van der Waals surface area contributed by atoms with Crippen LogP contribution in [0.2, 0.25) is 0 Å². The molecule has 2 unspecified atom stereocenters. The highest BCUT2D eigenvalue weighted by Crippen LogP contribution is 2.35. The SMILES string of the molecule is CCCCCC1(C)NC(CC)CS1. The largest absolute Gasteiger partial charge is 0.299 e. The summed E-state index contributed by atoms with van der Waals surface area (Å²) in [6, 6.07) is 0.761. The Balaban J connectivity index is 2.23. The monoisotopic (exact) mass is 201 g/mol. The van der Waals surface area contributed by atoms with E-state index < -0.39 is 0 Å². The second kappa shape index (κ2) is 5.26. The van der Waals surface area contributed by atoms with Crippen LogP contribution in [-0.2, 0) is 0 Å². The van der Waals surface area contributed by atoms with Crippen molar-refractivity contribution >= 4 is 11.8 Å². The second-order valence-electron chi connectivity index (χ2n) is 4.25. The van der Waals surface area contributed by atoms with Crippen LogP contribution in [-0.4, -0.2) is 16.7 Å². The standard InChI is InChI=1S/C11H23NS/c1-4-6-7-8-11(3)12-10(5-2)9-13-11/h10,12H,4-9H2,1-3H3. The first-order chi connectivity index (χ1) is 6.20. The molecule has 0 radical (unpaired) electrons. The van der Waals surface area contributed by atoms with Gasteiger partial charge in [-0.05, 0) is 19.8 Å². The molecule has 0 bridgehead atoms. The summed E-state index contributed by atoms with van der Waals surface area (Å²) in [5.74, 6) is 1.30. The first-order valence-electron chi connectivity index (χ1n) is 5.62. The van der Waals surface area contributed by atoms with Gasteiger partial charge in [0.1, 0.15) is 0 Å². The molecule has 1 nitrogen and oxygen atoms in total. The lowest BCUT2D eigenvalue weighted by Gasteiger charge is -2.24. The molecule has 0 aromatic heterocycles. The molecule has 0 aromatic rings. The Labute approximate surface area is 87.1 Å². The Hall–Kier alpha value is 0.310. The van der Waals surface area contributed by atoms with Crippen molar-refractivity contribution in [3.05, 3.63) is 0 Å². The molecule has 1 aliphatic heterocycles. The molecular formula is C11H23NS. The van der Waals surface area contributed by atoms with Gasteiger partial charge in [0.2, 0.25) is 0 Å². The predicted molar refractivity (Wildman–Crippen MR) is 62.2 cm³/mol. The summed E-state index contributed by atoms with van der Waals surface area (Å²) in [6.45, 7) is 6.91. The van der Waals surface area contributed by atoms with E-state index in [0.717, 1.165) is 6.04 Å². The summed E-state index contributed by atoms with van der Waals surface area (Å²) in [5, 5.41) is 3.74. The first kappa shape index (κ1) is 11.4. The number of hydrogen-bond donors (Lipinski definition) is 1. The van der Waals surface area contributed by atoms with Crippen LogP contribution in [0, 0.1) is 0 Å². The molecule has 2 heteroatoms. The minimum absolute atomic E-state index is 0.385. The maximum Gasteiger partial charge on any atom is 0.0619 e. The lowest BCUT2D eigenvalue weighted by atomic mass is 10.1. The van der Waals surface area contributed by atoms with E-state index in [1.54, 1.807) is 0 Å². The molecule has 1 N–H and O–H groups in total. The van der Waals surface area contributed by atoms with Crippen molar-refractivity contribution in [2.45, 2.75) is 63.8 Å². The number of thioether (sulfide) groups is 1. The lowest BCUT2D eigenvalue weighted by Crippen LogP contribution is -2.38. The number of unbranched alkanes of at least 4 members (excludes halogenated alkanes) is 2. The van der Waals surface area contributed by atoms with E-state index in [4.69, 9.17) is 0 Å². The van der Waals surface area contributed by atoms with E-state index in [1.165, 1.54) is 37.9 Å². The summed E-state index contributed by atoms with van der Waals surface area (Å²) in [7, 11) is 0. The van der Waals surface area contributed by atoms with Crippen molar-refractivity contribution < 1.29 is 0 Å². The first-order valence-corrected chi connectivity index (χ1v) is 6.60. The van der Waals surface area contributed by atoms with Gasteiger partial charge in [-0.25, -0.2) is 0 Å². The summed E-state index contributed by atoms with van der Waals surface area (Å²) in [4.78, 5) is 0.385. The summed E-state index contributed by atoms with van der Waals surface area (Å²) < 4.78 is 0. The minimum Gasteiger partial charge on any atom is -0.299 e. The second-order valence-corrected chi connectivity index (χ2v) is 5.77. The van der Waals surface area contributed by atoms with Crippen LogP contribution >= 0.6 is 11.8 Å². The summed E-state index contributed by atoms with van der Waals surface area (Å²) >= 11 is 2.12. The van der Waals surface area contributed by atoms with E-state index in [-0.39, 0.29) is 0 Å². The number of rotatable bonds is 5. The van der Waals surface area contributed by atoms with Crippen molar-refractivity contribution in [2.24, 2.45) is 0 Å².